The molecule has 0 bridgehead atoms. The highest BCUT2D eigenvalue weighted by molar-refractivity contribution is 9.10. The summed E-state index contributed by atoms with van der Waals surface area (Å²) in [7, 11) is 0. The minimum absolute atomic E-state index is 0.187. The number of aromatic amines is 1. The lowest BCUT2D eigenvalue weighted by molar-refractivity contribution is -0.117. The first-order valence-electron chi connectivity index (χ1n) is 7.00. The van der Waals surface area contributed by atoms with Crippen molar-refractivity contribution in [2.45, 2.75) is 12.5 Å². The number of aromatic nitrogens is 1. The molecular weight excluding hydrogens is 342 g/mol. The Kier molecular flexibility index (Phi) is 4.27. The van der Waals surface area contributed by atoms with E-state index in [1.165, 1.54) is 0 Å². The number of rotatable bonds is 4. The first kappa shape index (κ1) is 14.8. The van der Waals surface area contributed by atoms with Crippen molar-refractivity contribution in [1.29, 1.82) is 0 Å². The number of nitrogens with two attached hydrogens (primary N) is 1. The third-order valence-electron chi connectivity index (χ3n) is 3.56. The van der Waals surface area contributed by atoms with Crippen LogP contribution in [0.1, 0.15) is 5.56 Å². The number of anilines is 1. The number of halogens is 1. The standard InChI is InChI=1S/C17H16BrN3O/c18-12-5-7-13(8-6-12)21-17(22)15(19)9-11-10-20-16-4-2-1-3-14(11)16/h1-8,10,15,20H,9,19H2,(H,21,22). The summed E-state index contributed by atoms with van der Waals surface area (Å²) < 4.78 is 0.966. The molecule has 0 aliphatic carbocycles. The predicted octanol–water partition coefficient (Wildman–Crippen LogP) is 3.44. The minimum atomic E-state index is -0.595. The molecule has 1 amide bonds. The number of H-pyrrole nitrogens is 1. The van der Waals surface area contributed by atoms with Gasteiger partial charge in [0.25, 0.3) is 0 Å². The molecule has 22 heavy (non-hydrogen) atoms. The van der Waals surface area contributed by atoms with Crippen molar-refractivity contribution in [3.8, 4) is 0 Å². The summed E-state index contributed by atoms with van der Waals surface area (Å²) in [5.74, 6) is -0.187. The summed E-state index contributed by atoms with van der Waals surface area (Å²) in [6.07, 6.45) is 2.41. The Morgan fingerprint density at radius 2 is 1.91 bits per heavy atom. The number of fused-ring (bicyclic) bond motifs is 1. The topological polar surface area (TPSA) is 70.9 Å². The van der Waals surface area contributed by atoms with E-state index in [2.05, 4.69) is 26.2 Å². The molecular formula is C17H16BrN3O. The molecule has 0 radical (unpaired) electrons. The molecule has 112 valence electrons. The van der Waals surface area contributed by atoms with Crippen LogP contribution in [0.4, 0.5) is 5.69 Å². The molecule has 1 aromatic heterocycles. The molecule has 3 aromatic rings. The van der Waals surface area contributed by atoms with Crippen molar-refractivity contribution in [3.63, 3.8) is 0 Å². The van der Waals surface area contributed by atoms with Crippen molar-refractivity contribution >= 4 is 38.4 Å². The van der Waals surface area contributed by atoms with Crippen molar-refractivity contribution < 1.29 is 4.79 Å². The van der Waals surface area contributed by atoms with E-state index >= 15 is 0 Å². The number of benzene rings is 2. The highest BCUT2D eigenvalue weighted by Crippen LogP contribution is 2.19. The molecule has 0 aliphatic rings. The third kappa shape index (κ3) is 3.21. The van der Waals surface area contributed by atoms with E-state index in [4.69, 9.17) is 5.73 Å². The molecule has 1 heterocycles. The summed E-state index contributed by atoms with van der Waals surface area (Å²) in [5.41, 5.74) is 8.88. The molecule has 0 saturated heterocycles. The van der Waals surface area contributed by atoms with Crippen LogP contribution in [0.2, 0.25) is 0 Å². The molecule has 3 rings (SSSR count). The van der Waals surface area contributed by atoms with E-state index in [-0.39, 0.29) is 5.91 Å². The van der Waals surface area contributed by atoms with Gasteiger partial charge in [-0.3, -0.25) is 4.79 Å². The van der Waals surface area contributed by atoms with Crippen molar-refractivity contribution in [2.75, 3.05) is 5.32 Å². The van der Waals surface area contributed by atoms with Crippen LogP contribution in [0.15, 0.2) is 59.2 Å². The van der Waals surface area contributed by atoms with E-state index in [0.717, 1.165) is 26.6 Å². The summed E-state index contributed by atoms with van der Waals surface area (Å²) in [6.45, 7) is 0. The van der Waals surface area contributed by atoms with Gasteiger partial charge in [0.05, 0.1) is 6.04 Å². The smallest absolute Gasteiger partial charge is 0.241 e. The zero-order valence-corrected chi connectivity index (χ0v) is 13.4. The van der Waals surface area contributed by atoms with Crippen molar-refractivity contribution in [2.24, 2.45) is 5.73 Å². The van der Waals surface area contributed by atoms with E-state index < -0.39 is 6.04 Å². The zero-order valence-electron chi connectivity index (χ0n) is 11.8. The predicted molar refractivity (Wildman–Crippen MR) is 92.7 cm³/mol. The summed E-state index contributed by atoms with van der Waals surface area (Å²) in [6, 6.07) is 14.8. The number of amides is 1. The van der Waals surface area contributed by atoms with Gasteiger partial charge in [-0.05, 0) is 42.3 Å². The van der Waals surface area contributed by atoms with Gasteiger partial charge in [-0.15, -0.1) is 0 Å². The number of hydrogen-bond donors (Lipinski definition) is 3. The van der Waals surface area contributed by atoms with Gasteiger partial charge in [0.1, 0.15) is 0 Å². The van der Waals surface area contributed by atoms with Crippen molar-refractivity contribution in [3.05, 3.63) is 64.8 Å². The average molecular weight is 358 g/mol. The van der Waals surface area contributed by atoms with E-state index in [0.29, 0.717) is 6.42 Å². The lowest BCUT2D eigenvalue weighted by Gasteiger charge is -2.12. The Bertz CT molecular complexity index is 795. The Labute approximate surface area is 136 Å². The van der Waals surface area contributed by atoms with Gasteiger partial charge >= 0.3 is 0 Å². The molecule has 4 nitrogen and oxygen atoms in total. The van der Waals surface area contributed by atoms with Crippen LogP contribution < -0.4 is 11.1 Å². The van der Waals surface area contributed by atoms with Gasteiger partial charge in [-0.1, -0.05) is 34.1 Å². The summed E-state index contributed by atoms with van der Waals surface area (Å²) >= 11 is 3.36. The van der Waals surface area contributed by atoms with Crippen LogP contribution in [0.25, 0.3) is 10.9 Å². The van der Waals surface area contributed by atoms with Crippen LogP contribution in [0.5, 0.6) is 0 Å². The lowest BCUT2D eigenvalue weighted by Crippen LogP contribution is -2.37. The second-order valence-corrected chi connectivity index (χ2v) is 6.08. The Morgan fingerprint density at radius 3 is 2.68 bits per heavy atom. The zero-order chi connectivity index (χ0) is 15.5. The summed E-state index contributed by atoms with van der Waals surface area (Å²) in [5, 5.41) is 3.94. The van der Waals surface area contributed by atoms with E-state index in [1.54, 1.807) is 0 Å². The lowest BCUT2D eigenvalue weighted by atomic mass is 10.1. The highest BCUT2D eigenvalue weighted by atomic mass is 79.9. The molecule has 1 unspecified atom stereocenters. The fraction of sp³-hybridized carbons (Fsp3) is 0.118. The Balaban J connectivity index is 1.69. The van der Waals surface area contributed by atoms with E-state index in [1.807, 2.05) is 54.7 Å². The quantitative estimate of drug-likeness (QED) is 0.669. The van der Waals surface area contributed by atoms with Gasteiger partial charge in [0.15, 0.2) is 0 Å². The Morgan fingerprint density at radius 1 is 1.18 bits per heavy atom. The van der Waals surface area contributed by atoms with Crippen LogP contribution in [-0.2, 0) is 11.2 Å². The molecule has 0 spiro atoms. The molecule has 0 saturated carbocycles. The maximum absolute atomic E-state index is 12.2. The molecule has 0 fully saturated rings. The first-order valence-corrected chi connectivity index (χ1v) is 7.80. The van der Waals surface area contributed by atoms with Gasteiger partial charge in [-0.2, -0.15) is 0 Å². The maximum Gasteiger partial charge on any atom is 0.241 e. The Hall–Kier alpha value is -2.11. The number of hydrogen-bond acceptors (Lipinski definition) is 2. The van der Waals surface area contributed by atoms with Crippen LogP contribution >= 0.6 is 15.9 Å². The molecule has 0 aliphatic heterocycles. The normalized spacial score (nSPS) is 12.3. The van der Waals surface area contributed by atoms with Gasteiger partial charge in [0, 0.05) is 27.3 Å². The number of carbonyl (C=O) groups is 1. The minimum Gasteiger partial charge on any atom is -0.361 e. The second kappa shape index (κ2) is 6.34. The van der Waals surface area contributed by atoms with Crippen molar-refractivity contribution in [1.82, 2.24) is 4.98 Å². The fourth-order valence-electron chi connectivity index (χ4n) is 2.40. The largest absolute Gasteiger partial charge is 0.361 e. The monoisotopic (exact) mass is 357 g/mol. The number of carbonyl (C=O) groups excluding carboxylic acids is 1. The SMILES string of the molecule is NC(Cc1c[nH]c2ccccc12)C(=O)Nc1ccc(Br)cc1. The summed E-state index contributed by atoms with van der Waals surface area (Å²) in [4.78, 5) is 15.4. The van der Waals surface area contributed by atoms with Gasteiger partial charge < -0.3 is 16.0 Å². The molecule has 2 aromatic carbocycles. The molecule has 4 N–H and O–H groups in total. The van der Waals surface area contributed by atoms with Crippen LogP contribution in [0.3, 0.4) is 0 Å². The van der Waals surface area contributed by atoms with Crippen LogP contribution in [0, 0.1) is 0 Å². The molecule has 5 heteroatoms. The van der Waals surface area contributed by atoms with E-state index in [9.17, 15) is 4.79 Å². The maximum atomic E-state index is 12.2. The van der Waals surface area contributed by atoms with Gasteiger partial charge in [0.2, 0.25) is 5.91 Å². The average Bonchev–Trinajstić information content (AvgIpc) is 2.93. The molecule has 1 atom stereocenters. The van der Waals surface area contributed by atoms with Crippen LogP contribution in [-0.4, -0.2) is 16.9 Å². The van der Waals surface area contributed by atoms with Gasteiger partial charge in [-0.25, -0.2) is 0 Å². The highest BCUT2D eigenvalue weighted by Gasteiger charge is 2.16. The number of para-hydroxylation sites is 1. The third-order valence-corrected chi connectivity index (χ3v) is 4.09. The number of nitrogens with one attached hydrogen (secondary N) is 2. The first-order chi connectivity index (χ1) is 10.6. The fourth-order valence-corrected chi connectivity index (χ4v) is 2.66. The second-order valence-electron chi connectivity index (χ2n) is 5.17.